The molecule has 1 amide bonds. The number of aromatic nitrogens is 2. The third kappa shape index (κ3) is 4.21. The highest BCUT2D eigenvalue weighted by Gasteiger charge is 2.37. The van der Waals surface area contributed by atoms with Crippen LogP contribution < -0.4 is 5.32 Å². The largest absolute Gasteiger partial charge is 0.299 e. The van der Waals surface area contributed by atoms with Crippen molar-refractivity contribution < 1.29 is 13.2 Å². The normalized spacial score (nSPS) is 17.7. The lowest BCUT2D eigenvalue weighted by atomic mass is 10.0. The van der Waals surface area contributed by atoms with E-state index >= 15 is 0 Å². The summed E-state index contributed by atoms with van der Waals surface area (Å²) < 4.78 is 27.4. The molecule has 29 heavy (non-hydrogen) atoms. The van der Waals surface area contributed by atoms with Crippen LogP contribution in [0.5, 0.6) is 0 Å². The summed E-state index contributed by atoms with van der Waals surface area (Å²) in [6.07, 6.45) is 2.00. The summed E-state index contributed by atoms with van der Waals surface area (Å²) >= 11 is 1.26. The second-order valence-electron chi connectivity index (χ2n) is 6.71. The highest BCUT2D eigenvalue weighted by atomic mass is 32.2. The third-order valence-corrected chi connectivity index (χ3v) is 7.59. The van der Waals surface area contributed by atoms with Gasteiger partial charge < -0.3 is 0 Å². The molecule has 150 valence electrons. The Hall–Kier alpha value is -2.62. The van der Waals surface area contributed by atoms with Gasteiger partial charge in [0.1, 0.15) is 11.0 Å². The fourth-order valence-electron chi connectivity index (χ4n) is 3.34. The van der Waals surface area contributed by atoms with E-state index in [4.69, 9.17) is 0 Å². The van der Waals surface area contributed by atoms with Gasteiger partial charge in [-0.25, -0.2) is 8.42 Å². The van der Waals surface area contributed by atoms with Crippen LogP contribution in [-0.2, 0) is 14.8 Å². The van der Waals surface area contributed by atoms with Crippen molar-refractivity contribution in [3.05, 3.63) is 60.7 Å². The number of hydrogen-bond donors (Lipinski definition) is 1. The van der Waals surface area contributed by atoms with Crippen molar-refractivity contribution in [2.75, 3.05) is 11.9 Å². The minimum Gasteiger partial charge on any atom is -0.299 e. The van der Waals surface area contributed by atoms with Crippen molar-refractivity contribution in [1.29, 1.82) is 0 Å². The van der Waals surface area contributed by atoms with Gasteiger partial charge >= 0.3 is 0 Å². The zero-order chi connectivity index (χ0) is 20.3. The van der Waals surface area contributed by atoms with Gasteiger partial charge in [-0.05, 0) is 25.0 Å². The molecule has 1 aromatic heterocycles. The minimum absolute atomic E-state index is 0.196. The standard InChI is InChI=1S/C20H20N4O3S2/c25-18(21-20-23-22-19(28-20)15-9-3-1-4-10-15)17-13-7-8-14-24(17)29(26,27)16-11-5-2-6-12-16/h1-6,9-12,17H,7-8,13-14H2,(H,21,23,25). The highest BCUT2D eigenvalue weighted by Crippen LogP contribution is 2.29. The minimum atomic E-state index is -3.75. The second kappa shape index (κ2) is 8.40. The SMILES string of the molecule is O=C(Nc1nnc(-c2ccccc2)s1)C1CCCCN1S(=O)(=O)c1ccccc1. The van der Waals surface area contributed by atoms with Crippen LogP contribution in [0.25, 0.3) is 10.6 Å². The lowest BCUT2D eigenvalue weighted by Gasteiger charge is -2.33. The Morgan fingerprint density at radius 2 is 1.69 bits per heavy atom. The van der Waals surface area contributed by atoms with Gasteiger partial charge in [0.15, 0.2) is 0 Å². The van der Waals surface area contributed by atoms with Crippen LogP contribution in [0.15, 0.2) is 65.6 Å². The molecule has 7 nitrogen and oxygen atoms in total. The summed E-state index contributed by atoms with van der Waals surface area (Å²) in [4.78, 5) is 13.1. The molecule has 1 saturated heterocycles. The molecule has 0 radical (unpaired) electrons. The van der Waals surface area contributed by atoms with Gasteiger partial charge in [-0.2, -0.15) is 4.31 Å². The Labute approximate surface area is 173 Å². The van der Waals surface area contributed by atoms with Gasteiger partial charge in [-0.15, -0.1) is 10.2 Å². The van der Waals surface area contributed by atoms with Crippen molar-refractivity contribution in [3.8, 4) is 10.6 Å². The Morgan fingerprint density at radius 1 is 1.00 bits per heavy atom. The van der Waals surface area contributed by atoms with Crippen molar-refractivity contribution >= 4 is 32.4 Å². The number of carbonyl (C=O) groups is 1. The molecule has 0 aliphatic carbocycles. The first kappa shape index (κ1) is 19.7. The number of amides is 1. The predicted octanol–water partition coefficient (Wildman–Crippen LogP) is 3.39. The molecule has 0 saturated carbocycles. The number of nitrogens with one attached hydrogen (secondary N) is 1. The molecule has 2 aromatic carbocycles. The summed E-state index contributed by atoms with van der Waals surface area (Å²) in [5, 5.41) is 12.0. The third-order valence-electron chi connectivity index (χ3n) is 4.78. The fraction of sp³-hybridized carbons (Fsp3) is 0.250. The summed E-state index contributed by atoms with van der Waals surface area (Å²) in [5.74, 6) is -0.375. The van der Waals surface area contributed by atoms with Crippen LogP contribution in [0.3, 0.4) is 0 Å². The van der Waals surface area contributed by atoms with E-state index in [1.807, 2.05) is 30.3 Å². The molecule has 1 aliphatic heterocycles. The number of hydrogen-bond acceptors (Lipinski definition) is 6. The number of sulfonamides is 1. The monoisotopic (exact) mass is 428 g/mol. The first-order chi connectivity index (χ1) is 14.1. The van der Waals surface area contributed by atoms with E-state index in [-0.39, 0.29) is 10.8 Å². The predicted molar refractivity (Wildman–Crippen MR) is 112 cm³/mol. The smallest absolute Gasteiger partial charge is 0.244 e. The summed E-state index contributed by atoms with van der Waals surface area (Å²) in [5.41, 5.74) is 0.913. The number of benzene rings is 2. The van der Waals surface area contributed by atoms with Gasteiger partial charge in [0.25, 0.3) is 0 Å². The van der Waals surface area contributed by atoms with Crippen LogP contribution >= 0.6 is 11.3 Å². The van der Waals surface area contributed by atoms with Gasteiger partial charge in [0, 0.05) is 12.1 Å². The van der Waals surface area contributed by atoms with Crippen LogP contribution in [0.2, 0.25) is 0 Å². The van der Waals surface area contributed by atoms with Crippen molar-refractivity contribution in [3.63, 3.8) is 0 Å². The fourth-order valence-corrected chi connectivity index (χ4v) is 5.77. The molecule has 1 aliphatic rings. The maximum Gasteiger partial charge on any atom is 0.244 e. The summed E-state index contributed by atoms with van der Waals surface area (Å²) in [6.45, 7) is 0.320. The molecule has 0 spiro atoms. The van der Waals surface area contributed by atoms with Crippen molar-refractivity contribution in [1.82, 2.24) is 14.5 Å². The number of anilines is 1. The highest BCUT2D eigenvalue weighted by molar-refractivity contribution is 7.89. The van der Waals surface area contributed by atoms with Crippen molar-refractivity contribution in [2.45, 2.75) is 30.2 Å². The Kier molecular flexibility index (Phi) is 5.70. The van der Waals surface area contributed by atoms with E-state index in [0.717, 1.165) is 18.4 Å². The zero-order valence-corrected chi connectivity index (χ0v) is 17.2. The molecular weight excluding hydrogens is 408 g/mol. The lowest BCUT2D eigenvalue weighted by Crippen LogP contribution is -2.49. The van der Waals surface area contributed by atoms with Crippen LogP contribution in [0.1, 0.15) is 19.3 Å². The van der Waals surface area contributed by atoms with Gasteiger partial charge in [0.05, 0.1) is 4.90 Å². The first-order valence-electron chi connectivity index (χ1n) is 9.32. The molecular formula is C20H20N4O3S2. The van der Waals surface area contributed by atoms with Crippen LogP contribution in [-0.4, -0.2) is 41.4 Å². The molecule has 4 rings (SSSR count). The van der Waals surface area contributed by atoms with Crippen LogP contribution in [0.4, 0.5) is 5.13 Å². The lowest BCUT2D eigenvalue weighted by molar-refractivity contribution is -0.120. The van der Waals surface area contributed by atoms with Crippen LogP contribution in [0, 0.1) is 0 Å². The Balaban J connectivity index is 1.53. The van der Waals surface area contributed by atoms with E-state index < -0.39 is 16.1 Å². The molecule has 9 heteroatoms. The average Bonchev–Trinajstić information content (AvgIpc) is 3.23. The summed E-state index contributed by atoms with van der Waals surface area (Å²) in [6, 6.07) is 17.0. The van der Waals surface area contributed by atoms with E-state index in [0.29, 0.717) is 23.1 Å². The number of carbonyl (C=O) groups excluding carboxylic acids is 1. The number of nitrogens with zero attached hydrogens (tertiary/aromatic N) is 3. The second-order valence-corrected chi connectivity index (χ2v) is 9.58. The molecule has 1 N–H and O–H groups in total. The number of piperidine rings is 1. The Morgan fingerprint density at radius 3 is 2.41 bits per heavy atom. The topological polar surface area (TPSA) is 92.3 Å². The molecule has 3 aromatic rings. The maximum atomic E-state index is 13.1. The van der Waals surface area contributed by atoms with E-state index in [2.05, 4.69) is 15.5 Å². The maximum absolute atomic E-state index is 13.1. The van der Waals surface area contributed by atoms with Gasteiger partial charge in [0.2, 0.25) is 21.1 Å². The van der Waals surface area contributed by atoms with Gasteiger partial charge in [-0.1, -0.05) is 66.3 Å². The molecule has 2 heterocycles. The van der Waals surface area contributed by atoms with E-state index in [1.54, 1.807) is 30.3 Å². The zero-order valence-electron chi connectivity index (χ0n) is 15.6. The molecule has 1 unspecified atom stereocenters. The molecule has 1 fully saturated rings. The molecule has 1 atom stereocenters. The number of rotatable bonds is 5. The molecule has 0 bridgehead atoms. The van der Waals surface area contributed by atoms with E-state index in [1.165, 1.54) is 15.6 Å². The van der Waals surface area contributed by atoms with Crippen molar-refractivity contribution in [2.24, 2.45) is 0 Å². The average molecular weight is 429 g/mol. The Bertz CT molecular complexity index is 1090. The summed E-state index contributed by atoms with van der Waals surface area (Å²) in [7, 11) is -3.75. The first-order valence-corrected chi connectivity index (χ1v) is 11.6. The van der Waals surface area contributed by atoms with E-state index in [9.17, 15) is 13.2 Å². The quantitative estimate of drug-likeness (QED) is 0.672. The van der Waals surface area contributed by atoms with Gasteiger partial charge in [-0.3, -0.25) is 10.1 Å².